The third kappa shape index (κ3) is 5.84. The lowest BCUT2D eigenvalue weighted by molar-refractivity contribution is -0.116. The number of nitrogens with one attached hydrogen (secondary N) is 1. The van der Waals surface area contributed by atoms with Crippen molar-refractivity contribution in [3.05, 3.63) is 16.0 Å². The fourth-order valence-electron chi connectivity index (χ4n) is 3.22. The van der Waals surface area contributed by atoms with E-state index in [2.05, 4.69) is 12.2 Å². The molecule has 2 rings (SSSR count). The number of hydrogen-bond donors (Lipinski definition) is 1. The predicted molar refractivity (Wildman–Crippen MR) is 104 cm³/mol. The first-order valence-corrected chi connectivity index (χ1v) is 10.6. The summed E-state index contributed by atoms with van der Waals surface area (Å²) in [5, 5.41) is 3.70. The highest BCUT2D eigenvalue weighted by Gasteiger charge is 2.26. The normalized spacial score (nSPS) is 13.8. The zero-order valence-corrected chi connectivity index (χ0v) is 16.4. The molecule has 0 saturated carbocycles. The number of amides is 1. The monoisotopic (exact) mass is 365 g/mol. The van der Waals surface area contributed by atoms with Crippen LogP contribution >= 0.6 is 11.3 Å². The predicted octanol–water partition coefficient (Wildman–Crippen LogP) is 5.49. The van der Waals surface area contributed by atoms with Gasteiger partial charge in [-0.2, -0.15) is 0 Å². The molecule has 1 aromatic rings. The number of esters is 1. The van der Waals surface area contributed by atoms with Crippen LogP contribution in [0.25, 0.3) is 0 Å². The van der Waals surface area contributed by atoms with Gasteiger partial charge in [0.2, 0.25) is 5.91 Å². The Kier molecular flexibility index (Phi) is 8.45. The molecule has 1 N–H and O–H groups in total. The summed E-state index contributed by atoms with van der Waals surface area (Å²) in [6.45, 7) is 4.57. The van der Waals surface area contributed by atoms with Crippen LogP contribution in [-0.4, -0.2) is 18.5 Å². The van der Waals surface area contributed by atoms with E-state index in [-0.39, 0.29) is 11.9 Å². The molecular weight excluding hydrogens is 334 g/mol. The van der Waals surface area contributed by atoms with E-state index in [1.807, 2.05) is 6.92 Å². The van der Waals surface area contributed by atoms with E-state index in [0.29, 0.717) is 23.6 Å². The molecule has 1 amide bonds. The molecule has 0 saturated heterocycles. The second-order valence-electron chi connectivity index (χ2n) is 6.76. The molecule has 25 heavy (non-hydrogen) atoms. The fourth-order valence-corrected chi connectivity index (χ4v) is 4.51. The summed E-state index contributed by atoms with van der Waals surface area (Å²) in [6.07, 6.45) is 11.0. The number of ether oxygens (including phenoxy) is 1. The van der Waals surface area contributed by atoms with E-state index in [1.165, 1.54) is 11.3 Å². The lowest BCUT2D eigenvalue weighted by Gasteiger charge is -2.09. The third-order valence-corrected chi connectivity index (χ3v) is 5.78. The third-order valence-electron chi connectivity index (χ3n) is 4.57. The summed E-state index contributed by atoms with van der Waals surface area (Å²) in [7, 11) is 0. The molecule has 0 aliphatic heterocycles. The molecule has 5 heteroatoms. The number of thiophene rings is 1. The highest BCUT2D eigenvalue weighted by Crippen LogP contribution is 2.38. The maximum Gasteiger partial charge on any atom is 0.341 e. The Balaban J connectivity index is 2.12. The molecule has 0 radical (unpaired) electrons. The Morgan fingerprint density at radius 2 is 1.84 bits per heavy atom. The van der Waals surface area contributed by atoms with Crippen molar-refractivity contribution in [2.24, 2.45) is 0 Å². The summed E-state index contributed by atoms with van der Waals surface area (Å²) in [6, 6.07) is 0. The van der Waals surface area contributed by atoms with Gasteiger partial charge in [0.05, 0.1) is 12.2 Å². The highest BCUT2D eigenvalue weighted by molar-refractivity contribution is 7.17. The maximum absolute atomic E-state index is 12.6. The molecule has 1 aromatic heterocycles. The van der Waals surface area contributed by atoms with Crippen LogP contribution in [0, 0.1) is 0 Å². The summed E-state index contributed by atoms with van der Waals surface area (Å²) >= 11 is 1.58. The van der Waals surface area contributed by atoms with Gasteiger partial charge in [0.1, 0.15) is 5.00 Å². The standard InChI is InChI=1S/C20H31NO3S/c1-3-5-6-10-13-17(22)21-19-18(20(23)24-14-4-2)15-11-8-7-9-12-16(15)25-19/h3-14H2,1-2H3,(H,21,22). The van der Waals surface area contributed by atoms with Crippen LogP contribution in [0.2, 0.25) is 0 Å². The van der Waals surface area contributed by atoms with E-state index >= 15 is 0 Å². The van der Waals surface area contributed by atoms with E-state index in [0.717, 1.165) is 63.4 Å². The molecule has 4 nitrogen and oxygen atoms in total. The molecule has 140 valence electrons. The van der Waals surface area contributed by atoms with Crippen molar-refractivity contribution >= 4 is 28.2 Å². The van der Waals surface area contributed by atoms with Gasteiger partial charge in [-0.05, 0) is 44.1 Å². The second-order valence-corrected chi connectivity index (χ2v) is 7.87. The van der Waals surface area contributed by atoms with Crippen LogP contribution in [-0.2, 0) is 22.4 Å². The molecule has 0 unspecified atom stereocenters. The van der Waals surface area contributed by atoms with Crippen molar-refractivity contribution in [3.63, 3.8) is 0 Å². The van der Waals surface area contributed by atoms with Gasteiger partial charge in [-0.25, -0.2) is 4.79 Å². The summed E-state index contributed by atoms with van der Waals surface area (Å²) in [5.41, 5.74) is 1.74. The number of rotatable bonds is 9. The van der Waals surface area contributed by atoms with Crippen molar-refractivity contribution in [2.75, 3.05) is 11.9 Å². The van der Waals surface area contributed by atoms with Crippen molar-refractivity contribution in [1.29, 1.82) is 0 Å². The van der Waals surface area contributed by atoms with Crippen molar-refractivity contribution in [3.8, 4) is 0 Å². The fraction of sp³-hybridized carbons (Fsp3) is 0.700. The van der Waals surface area contributed by atoms with Crippen LogP contribution < -0.4 is 5.32 Å². The first-order chi connectivity index (χ1) is 12.2. The molecule has 1 heterocycles. The van der Waals surface area contributed by atoms with Crippen LogP contribution in [0.15, 0.2) is 0 Å². The number of anilines is 1. The van der Waals surface area contributed by atoms with Crippen molar-refractivity contribution in [2.45, 2.75) is 84.5 Å². The molecular formula is C20H31NO3S. The zero-order chi connectivity index (χ0) is 18.1. The van der Waals surface area contributed by atoms with Gasteiger partial charge >= 0.3 is 5.97 Å². The van der Waals surface area contributed by atoms with Crippen LogP contribution in [0.1, 0.15) is 92.4 Å². The first kappa shape index (κ1) is 20.0. The lowest BCUT2D eigenvalue weighted by atomic mass is 10.1. The molecule has 1 aliphatic carbocycles. The van der Waals surface area contributed by atoms with Gasteiger partial charge < -0.3 is 10.1 Å². The Morgan fingerprint density at radius 3 is 2.60 bits per heavy atom. The molecule has 0 spiro atoms. The van der Waals surface area contributed by atoms with Gasteiger partial charge in [-0.1, -0.05) is 39.5 Å². The topological polar surface area (TPSA) is 55.4 Å². The van der Waals surface area contributed by atoms with Gasteiger partial charge in [0, 0.05) is 11.3 Å². The van der Waals surface area contributed by atoms with Crippen LogP contribution in [0.3, 0.4) is 0 Å². The minimum atomic E-state index is -0.275. The molecule has 0 atom stereocenters. The second kappa shape index (κ2) is 10.6. The average molecular weight is 366 g/mol. The van der Waals surface area contributed by atoms with Crippen molar-refractivity contribution < 1.29 is 14.3 Å². The molecule has 0 bridgehead atoms. The van der Waals surface area contributed by atoms with E-state index in [4.69, 9.17) is 4.74 Å². The Bertz CT molecular complexity index is 580. The largest absolute Gasteiger partial charge is 0.462 e. The molecule has 0 fully saturated rings. The lowest BCUT2D eigenvalue weighted by Crippen LogP contribution is -2.15. The van der Waals surface area contributed by atoms with Crippen LogP contribution in [0.5, 0.6) is 0 Å². The van der Waals surface area contributed by atoms with Crippen LogP contribution in [0.4, 0.5) is 5.00 Å². The number of carbonyl (C=O) groups is 2. The Hall–Kier alpha value is -1.36. The Labute approximate surface area is 155 Å². The van der Waals surface area contributed by atoms with Gasteiger partial charge in [-0.15, -0.1) is 11.3 Å². The zero-order valence-electron chi connectivity index (χ0n) is 15.6. The SMILES string of the molecule is CCCCCCC(=O)Nc1sc2c(c1C(=O)OCCC)CCCCC2. The maximum atomic E-state index is 12.6. The minimum Gasteiger partial charge on any atom is -0.462 e. The summed E-state index contributed by atoms with van der Waals surface area (Å²) in [5.74, 6) is -0.264. The minimum absolute atomic E-state index is 0.0112. The van der Waals surface area contributed by atoms with Gasteiger partial charge in [0.25, 0.3) is 0 Å². The molecule has 0 aromatic carbocycles. The van der Waals surface area contributed by atoms with E-state index in [1.54, 1.807) is 11.3 Å². The summed E-state index contributed by atoms with van der Waals surface area (Å²) in [4.78, 5) is 26.1. The van der Waals surface area contributed by atoms with E-state index < -0.39 is 0 Å². The van der Waals surface area contributed by atoms with Gasteiger partial charge in [-0.3, -0.25) is 4.79 Å². The number of unbranched alkanes of at least 4 members (excludes halogenated alkanes) is 3. The smallest absolute Gasteiger partial charge is 0.341 e. The quantitative estimate of drug-likeness (QED) is 0.357. The van der Waals surface area contributed by atoms with Gasteiger partial charge in [0.15, 0.2) is 0 Å². The first-order valence-electron chi connectivity index (χ1n) is 9.78. The number of aryl methyl sites for hydroxylation is 1. The number of carbonyl (C=O) groups excluding carboxylic acids is 2. The average Bonchev–Trinajstić information content (AvgIpc) is 2.77. The van der Waals surface area contributed by atoms with E-state index in [9.17, 15) is 9.59 Å². The highest BCUT2D eigenvalue weighted by atomic mass is 32.1. The van der Waals surface area contributed by atoms with Crippen molar-refractivity contribution in [1.82, 2.24) is 0 Å². The number of hydrogen-bond acceptors (Lipinski definition) is 4. The molecule has 1 aliphatic rings. The Morgan fingerprint density at radius 1 is 1.04 bits per heavy atom. The summed E-state index contributed by atoms with van der Waals surface area (Å²) < 4.78 is 5.39. The number of fused-ring (bicyclic) bond motifs is 1.